The van der Waals surface area contributed by atoms with Gasteiger partial charge in [0, 0.05) is 23.9 Å². The van der Waals surface area contributed by atoms with Crippen molar-refractivity contribution >= 4 is 11.4 Å². The van der Waals surface area contributed by atoms with E-state index in [1.54, 1.807) is 0 Å². The number of halogens is 1. The van der Waals surface area contributed by atoms with Crippen molar-refractivity contribution in [1.82, 2.24) is 4.57 Å². The van der Waals surface area contributed by atoms with Gasteiger partial charge in [-0.1, -0.05) is 12.1 Å². The van der Waals surface area contributed by atoms with E-state index in [1.807, 2.05) is 0 Å². The summed E-state index contributed by atoms with van der Waals surface area (Å²) >= 11 is 0. The number of nitrogens with zero attached hydrogens (tertiary/aromatic N) is 3. The second-order valence-corrected chi connectivity index (χ2v) is 4.09. The number of benzene rings is 1. The van der Waals surface area contributed by atoms with Crippen LogP contribution in [0.2, 0.25) is 0 Å². The zero-order valence-electron chi connectivity index (χ0n) is 10.4. The van der Waals surface area contributed by atoms with Crippen molar-refractivity contribution in [2.75, 3.05) is 0 Å². The topological polar surface area (TPSA) is 108 Å². The maximum atomic E-state index is 13.9. The molecule has 0 aliphatic heterocycles. The molecule has 1 heterocycles. The second kappa shape index (κ2) is 5.49. The summed E-state index contributed by atoms with van der Waals surface area (Å²) in [7, 11) is 0. The molecule has 9 heteroatoms. The van der Waals surface area contributed by atoms with Gasteiger partial charge in [0.2, 0.25) is 5.82 Å². The Morgan fingerprint density at radius 3 is 2.29 bits per heavy atom. The minimum absolute atomic E-state index is 0.105. The lowest BCUT2D eigenvalue weighted by molar-refractivity contribution is -0.387. The molecule has 0 fully saturated rings. The van der Waals surface area contributed by atoms with Crippen molar-refractivity contribution < 1.29 is 14.2 Å². The summed E-state index contributed by atoms with van der Waals surface area (Å²) in [4.78, 5) is 31.4. The standard InChI is InChI=1S/C12H8FN3O5/c13-11-8(3-1-4-9(11)15(18)19)7-14-6-2-5-10(12(14)17)16(20)21/h1-6H,7H2. The molecular weight excluding hydrogens is 285 g/mol. The van der Waals surface area contributed by atoms with E-state index >= 15 is 0 Å². The van der Waals surface area contributed by atoms with Gasteiger partial charge in [-0.2, -0.15) is 4.39 Å². The Balaban J connectivity index is 2.47. The Bertz CT molecular complexity index is 787. The van der Waals surface area contributed by atoms with Gasteiger partial charge in [-0.25, -0.2) is 0 Å². The number of aromatic nitrogens is 1. The molecule has 0 N–H and O–H groups in total. The van der Waals surface area contributed by atoms with Crippen LogP contribution >= 0.6 is 0 Å². The van der Waals surface area contributed by atoms with Crippen LogP contribution in [0.3, 0.4) is 0 Å². The van der Waals surface area contributed by atoms with Crippen LogP contribution in [-0.4, -0.2) is 14.4 Å². The average Bonchev–Trinajstić information content (AvgIpc) is 2.42. The molecule has 0 saturated heterocycles. The molecule has 8 nitrogen and oxygen atoms in total. The summed E-state index contributed by atoms with van der Waals surface area (Å²) in [5.41, 5.74) is -2.38. The van der Waals surface area contributed by atoms with Gasteiger partial charge in [-0.15, -0.1) is 0 Å². The normalized spacial score (nSPS) is 10.3. The number of rotatable bonds is 4. The summed E-state index contributed by atoms with van der Waals surface area (Å²) in [6.45, 7) is -0.339. The van der Waals surface area contributed by atoms with Gasteiger partial charge in [0.25, 0.3) is 0 Å². The zero-order chi connectivity index (χ0) is 15.6. The molecule has 21 heavy (non-hydrogen) atoms. The summed E-state index contributed by atoms with van der Waals surface area (Å²) < 4.78 is 14.8. The molecule has 1 aromatic heterocycles. The van der Waals surface area contributed by atoms with Gasteiger partial charge in [-0.3, -0.25) is 25.0 Å². The van der Waals surface area contributed by atoms with Gasteiger partial charge in [0.15, 0.2) is 0 Å². The van der Waals surface area contributed by atoms with E-state index in [-0.39, 0.29) is 12.1 Å². The van der Waals surface area contributed by atoms with Crippen LogP contribution in [0.1, 0.15) is 5.56 Å². The third-order valence-corrected chi connectivity index (χ3v) is 2.79. The Labute approximate surface area is 116 Å². The molecule has 0 atom stereocenters. The molecule has 108 valence electrons. The lowest BCUT2D eigenvalue weighted by Gasteiger charge is -2.06. The van der Waals surface area contributed by atoms with Crippen LogP contribution in [0.15, 0.2) is 41.3 Å². The van der Waals surface area contributed by atoms with Gasteiger partial charge in [-0.05, 0) is 6.07 Å². The first-order valence-electron chi connectivity index (χ1n) is 5.67. The molecule has 2 aromatic rings. The van der Waals surface area contributed by atoms with Crippen LogP contribution in [0.5, 0.6) is 0 Å². The van der Waals surface area contributed by atoms with Crippen LogP contribution < -0.4 is 5.56 Å². The first-order valence-corrected chi connectivity index (χ1v) is 5.67. The van der Waals surface area contributed by atoms with E-state index in [0.717, 1.165) is 16.7 Å². The SMILES string of the molecule is O=c1c([N+](=O)[O-])cccn1Cc1cccc([N+](=O)[O-])c1F. The summed E-state index contributed by atoms with van der Waals surface area (Å²) in [5.74, 6) is -1.07. The second-order valence-electron chi connectivity index (χ2n) is 4.09. The van der Waals surface area contributed by atoms with Crippen LogP contribution in [0, 0.1) is 26.0 Å². The maximum absolute atomic E-state index is 13.9. The van der Waals surface area contributed by atoms with Gasteiger partial charge < -0.3 is 4.57 Å². The zero-order valence-corrected chi connectivity index (χ0v) is 10.4. The van der Waals surface area contributed by atoms with Crippen LogP contribution in [0.4, 0.5) is 15.8 Å². The van der Waals surface area contributed by atoms with Crippen molar-refractivity contribution in [1.29, 1.82) is 0 Å². The Morgan fingerprint density at radius 2 is 1.67 bits per heavy atom. The van der Waals surface area contributed by atoms with E-state index in [4.69, 9.17) is 0 Å². The van der Waals surface area contributed by atoms with E-state index in [2.05, 4.69) is 0 Å². The predicted octanol–water partition coefficient (Wildman–Crippen LogP) is 1.85. The van der Waals surface area contributed by atoms with E-state index in [9.17, 15) is 29.4 Å². The molecule has 0 radical (unpaired) electrons. The molecule has 0 bridgehead atoms. The van der Waals surface area contributed by atoms with Gasteiger partial charge >= 0.3 is 16.9 Å². The summed E-state index contributed by atoms with van der Waals surface area (Å²) in [6.07, 6.45) is 1.24. The highest BCUT2D eigenvalue weighted by Crippen LogP contribution is 2.20. The summed E-state index contributed by atoms with van der Waals surface area (Å²) in [6, 6.07) is 5.85. The molecule has 2 rings (SSSR count). The molecule has 0 unspecified atom stereocenters. The minimum atomic E-state index is -1.07. The van der Waals surface area contributed by atoms with E-state index in [1.165, 1.54) is 24.4 Å². The monoisotopic (exact) mass is 293 g/mol. The highest BCUT2D eigenvalue weighted by atomic mass is 19.1. The smallest absolute Gasteiger partial charge is 0.305 e. The third-order valence-electron chi connectivity index (χ3n) is 2.79. The Kier molecular flexibility index (Phi) is 3.74. The maximum Gasteiger partial charge on any atom is 0.334 e. The molecule has 1 aromatic carbocycles. The highest BCUT2D eigenvalue weighted by molar-refractivity contribution is 5.37. The molecular formula is C12H8FN3O5. The van der Waals surface area contributed by atoms with Crippen molar-refractivity contribution in [3.05, 3.63) is 78.5 Å². The summed E-state index contributed by atoms with van der Waals surface area (Å²) in [5, 5.41) is 21.3. The fraction of sp³-hybridized carbons (Fsp3) is 0.0833. The predicted molar refractivity (Wildman–Crippen MR) is 69.5 cm³/mol. The van der Waals surface area contributed by atoms with Crippen LogP contribution in [0.25, 0.3) is 0 Å². The molecule has 0 spiro atoms. The van der Waals surface area contributed by atoms with Crippen molar-refractivity contribution in [2.24, 2.45) is 0 Å². The van der Waals surface area contributed by atoms with Crippen molar-refractivity contribution in [3.63, 3.8) is 0 Å². The number of nitro benzene ring substituents is 1. The third kappa shape index (κ3) is 2.76. The average molecular weight is 293 g/mol. The van der Waals surface area contributed by atoms with Crippen LogP contribution in [-0.2, 0) is 6.54 Å². The molecule has 0 saturated carbocycles. The highest BCUT2D eigenvalue weighted by Gasteiger charge is 2.19. The molecule has 0 amide bonds. The number of hydrogen-bond acceptors (Lipinski definition) is 5. The number of pyridine rings is 1. The molecule has 0 aliphatic carbocycles. The van der Waals surface area contributed by atoms with Gasteiger partial charge in [0.05, 0.1) is 16.4 Å². The first kappa shape index (κ1) is 14.3. The first-order chi connectivity index (χ1) is 9.91. The Morgan fingerprint density at radius 1 is 1.05 bits per heavy atom. The lowest BCUT2D eigenvalue weighted by Crippen LogP contribution is -2.22. The van der Waals surface area contributed by atoms with Crippen molar-refractivity contribution in [3.8, 4) is 0 Å². The Hall–Kier alpha value is -3.10. The lowest BCUT2D eigenvalue weighted by atomic mass is 10.2. The largest absolute Gasteiger partial charge is 0.334 e. The molecule has 0 aliphatic rings. The quantitative estimate of drug-likeness (QED) is 0.631. The fourth-order valence-corrected chi connectivity index (χ4v) is 1.80. The van der Waals surface area contributed by atoms with Crippen molar-refractivity contribution in [2.45, 2.75) is 6.54 Å². The van der Waals surface area contributed by atoms with E-state index < -0.39 is 32.6 Å². The van der Waals surface area contributed by atoms with Gasteiger partial charge in [0.1, 0.15) is 0 Å². The van der Waals surface area contributed by atoms with E-state index in [0.29, 0.717) is 0 Å². The fourth-order valence-electron chi connectivity index (χ4n) is 1.80. The minimum Gasteiger partial charge on any atom is -0.305 e. The number of hydrogen-bond donors (Lipinski definition) is 0. The number of nitro groups is 2.